The minimum absolute atomic E-state index is 0.00356. The molecule has 40 heavy (non-hydrogen) atoms. The molecule has 1 amide bonds. The van der Waals surface area contributed by atoms with Crippen LogP contribution in [-0.2, 0) is 27.9 Å². The van der Waals surface area contributed by atoms with E-state index >= 15 is 0 Å². The maximum Gasteiger partial charge on any atom is 0.417 e. The van der Waals surface area contributed by atoms with Crippen molar-refractivity contribution in [1.29, 1.82) is 0 Å². The Morgan fingerprint density at radius 1 is 0.750 bits per heavy atom. The number of thioether (sulfide) groups is 1. The van der Waals surface area contributed by atoms with Crippen LogP contribution in [0.2, 0.25) is 0 Å². The van der Waals surface area contributed by atoms with Gasteiger partial charge in [0, 0.05) is 27.8 Å². The van der Waals surface area contributed by atoms with Gasteiger partial charge in [0.15, 0.2) is 7.14 Å². The zero-order chi connectivity index (χ0) is 29.9. The van der Waals surface area contributed by atoms with Crippen LogP contribution in [0.25, 0.3) is 0 Å². The highest BCUT2D eigenvalue weighted by Crippen LogP contribution is 2.49. The van der Waals surface area contributed by atoms with Crippen molar-refractivity contribution in [3.63, 3.8) is 0 Å². The third-order valence-electron chi connectivity index (χ3n) is 5.93. The molecule has 0 aromatic heterocycles. The van der Waals surface area contributed by atoms with Crippen molar-refractivity contribution in [1.82, 2.24) is 5.32 Å². The molecule has 0 saturated carbocycles. The van der Waals surface area contributed by atoms with Gasteiger partial charge in [0.1, 0.15) is 0 Å². The topological polar surface area (TPSA) is 46.2 Å². The molecular weight excluding hydrogens is 592 g/mol. The van der Waals surface area contributed by atoms with Gasteiger partial charge in [-0.15, -0.1) is 11.8 Å². The molecule has 3 aromatic rings. The van der Waals surface area contributed by atoms with E-state index in [-0.39, 0.29) is 27.8 Å². The standard InChI is InChI=1S/C26H21F9NO2PS/c1-16(23(37)36-14-15-40-22-5-3-2-4-21(22)26(33,34)35)39(38,19-10-6-17(7-11-19)24(27,28)29)20-12-8-18(9-13-20)25(30,31)32/h2-13,16H,14-15H2,1H3,(H,36,37). The van der Waals surface area contributed by atoms with Gasteiger partial charge in [-0.3, -0.25) is 4.79 Å². The average Bonchev–Trinajstić information content (AvgIpc) is 2.89. The fraction of sp³-hybridized carbons (Fsp3) is 0.269. The highest BCUT2D eigenvalue weighted by atomic mass is 32.2. The van der Waals surface area contributed by atoms with Gasteiger partial charge in [-0.2, -0.15) is 39.5 Å². The highest BCUT2D eigenvalue weighted by Gasteiger charge is 2.40. The zero-order valence-corrected chi connectivity index (χ0v) is 22.2. The maximum atomic E-state index is 14.3. The monoisotopic (exact) mass is 613 g/mol. The molecule has 0 aliphatic carbocycles. The van der Waals surface area contributed by atoms with Crippen LogP contribution in [0.15, 0.2) is 77.7 Å². The second kappa shape index (κ2) is 11.9. The Labute approximate surface area is 227 Å². The predicted molar refractivity (Wildman–Crippen MR) is 134 cm³/mol. The number of amides is 1. The Morgan fingerprint density at radius 3 is 1.62 bits per heavy atom. The molecule has 0 radical (unpaired) electrons. The average molecular weight is 613 g/mol. The van der Waals surface area contributed by atoms with Crippen molar-refractivity contribution in [3.05, 3.63) is 89.5 Å². The van der Waals surface area contributed by atoms with Crippen LogP contribution in [-0.4, -0.2) is 23.9 Å². The van der Waals surface area contributed by atoms with Crippen LogP contribution in [0, 0.1) is 0 Å². The lowest BCUT2D eigenvalue weighted by molar-refractivity contribution is -0.140. The summed E-state index contributed by atoms with van der Waals surface area (Å²) in [6.45, 7) is 1.07. The van der Waals surface area contributed by atoms with Crippen LogP contribution in [0.1, 0.15) is 23.6 Å². The van der Waals surface area contributed by atoms with E-state index in [9.17, 15) is 48.9 Å². The minimum Gasteiger partial charge on any atom is -0.355 e. The quantitative estimate of drug-likeness (QED) is 0.125. The van der Waals surface area contributed by atoms with E-state index in [2.05, 4.69) is 5.32 Å². The van der Waals surface area contributed by atoms with Crippen LogP contribution >= 0.6 is 18.9 Å². The Hall–Kier alpha value is -2.92. The molecule has 0 spiro atoms. The Bertz CT molecular complexity index is 1310. The zero-order valence-electron chi connectivity index (χ0n) is 20.5. The van der Waals surface area contributed by atoms with Gasteiger partial charge in [-0.25, -0.2) is 0 Å². The minimum atomic E-state index is -4.71. The molecule has 3 aromatic carbocycles. The number of halogens is 9. The van der Waals surface area contributed by atoms with Gasteiger partial charge in [0.25, 0.3) is 0 Å². The first-order valence-electron chi connectivity index (χ1n) is 11.5. The lowest BCUT2D eigenvalue weighted by atomic mass is 10.2. The van der Waals surface area contributed by atoms with Crippen molar-refractivity contribution >= 4 is 35.4 Å². The van der Waals surface area contributed by atoms with E-state index in [1.807, 2.05) is 0 Å². The predicted octanol–water partition coefficient (Wildman–Crippen LogP) is 7.35. The van der Waals surface area contributed by atoms with Gasteiger partial charge in [-0.05, 0) is 43.3 Å². The van der Waals surface area contributed by atoms with Crippen molar-refractivity contribution in [2.24, 2.45) is 0 Å². The molecule has 1 atom stereocenters. The van der Waals surface area contributed by atoms with Crippen molar-refractivity contribution < 1.29 is 48.9 Å². The maximum absolute atomic E-state index is 14.3. The number of carbonyl (C=O) groups excluding carboxylic acids is 1. The number of nitrogens with one attached hydrogen (secondary N) is 1. The van der Waals surface area contributed by atoms with E-state index < -0.39 is 53.9 Å². The van der Waals surface area contributed by atoms with Crippen LogP contribution in [0.3, 0.4) is 0 Å². The highest BCUT2D eigenvalue weighted by molar-refractivity contribution is 7.99. The summed E-state index contributed by atoms with van der Waals surface area (Å²) in [7, 11) is -4.15. The number of alkyl halides is 9. The lowest BCUT2D eigenvalue weighted by Gasteiger charge is -2.26. The van der Waals surface area contributed by atoms with Gasteiger partial charge >= 0.3 is 18.5 Å². The lowest BCUT2D eigenvalue weighted by Crippen LogP contribution is -2.38. The molecule has 0 aliphatic rings. The molecule has 0 fully saturated rings. The van der Waals surface area contributed by atoms with E-state index in [1.54, 1.807) is 0 Å². The summed E-state index contributed by atoms with van der Waals surface area (Å²) in [5.74, 6) is -0.844. The number of rotatable bonds is 8. The van der Waals surface area contributed by atoms with E-state index in [0.717, 1.165) is 42.1 Å². The van der Waals surface area contributed by atoms with E-state index in [1.165, 1.54) is 25.1 Å². The molecule has 14 heteroatoms. The summed E-state index contributed by atoms with van der Waals surface area (Å²) < 4.78 is 132. The first-order valence-corrected chi connectivity index (χ1v) is 14.2. The summed E-state index contributed by atoms with van der Waals surface area (Å²) in [6, 6.07) is 11.1. The third-order valence-corrected chi connectivity index (χ3v) is 10.5. The largest absolute Gasteiger partial charge is 0.417 e. The Balaban J connectivity index is 1.85. The fourth-order valence-electron chi connectivity index (χ4n) is 3.81. The molecule has 1 N–H and O–H groups in total. The van der Waals surface area contributed by atoms with Gasteiger partial charge < -0.3 is 9.88 Å². The molecule has 1 unspecified atom stereocenters. The Morgan fingerprint density at radius 2 is 1.20 bits per heavy atom. The van der Waals surface area contributed by atoms with Gasteiger partial charge in [0.05, 0.1) is 22.3 Å². The molecule has 0 bridgehead atoms. The second-order valence-corrected chi connectivity index (χ2v) is 12.8. The van der Waals surface area contributed by atoms with Crippen LogP contribution in [0.4, 0.5) is 39.5 Å². The normalized spacial score (nSPS) is 13.7. The van der Waals surface area contributed by atoms with Crippen molar-refractivity contribution in [2.45, 2.75) is 36.0 Å². The molecular formula is C26H21F9NO2PS. The summed E-state index contributed by atoms with van der Waals surface area (Å²) in [4.78, 5) is 12.9. The smallest absolute Gasteiger partial charge is 0.355 e. The van der Waals surface area contributed by atoms with Crippen LogP contribution < -0.4 is 15.9 Å². The molecule has 3 nitrogen and oxygen atoms in total. The molecule has 216 valence electrons. The van der Waals surface area contributed by atoms with Gasteiger partial charge in [-0.1, -0.05) is 36.4 Å². The second-order valence-electron chi connectivity index (χ2n) is 8.56. The summed E-state index contributed by atoms with van der Waals surface area (Å²) in [6.07, 6.45) is -14.0. The third kappa shape index (κ3) is 7.23. The fourth-order valence-corrected chi connectivity index (χ4v) is 7.55. The van der Waals surface area contributed by atoms with Gasteiger partial charge in [0.2, 0.25) is 5.91 Å². The summed E-state index contributed by atoms with van der Waals surface area (Å²) in [5, 5.41) is 2.09. The van der Waals surface area contributed by atoms with Crippen LogP contribution in [0.5, 0.6) is 0 Å². The first kappa shape index (κ1) is 31.6. The molecule has 0 aliphatic heterocycles. The Kier molecular flexibility index (Phi) is 9.40. The number of benzene rings is 3. The molecule has 3 rings (SSSR count). The number of carbonyl (C=O) groups is 1. The number of hydrogen-bond acceptors (Lipinski definition) is 3. The van der Waals surface area contributed by atoms with E-state index in [4.69, 9.17) is 0 Å². The van der Waals surface area contributed by atoms with E-state index in [0.29, 0.717) is 24.3 Å². The first-order chi connectivity index (χ1) is 18.5. The summed E-state index contributed by atoms with van der Waals surface area (Å²) >= 11 is 0.819. The molecule has 0 heterocycles. The molecule has 0 saturated heterocycles. The van der Waals surface area contributed by atoms with Crippen molar-refractivity contribution in [2.75, 3.05) is 12.3 Å². The SMILES string of the molecule is CC(C(=O)NCCSc1ccccc1C(F)(F)F)P(=O)(c1ccc(C(F)(F)F)cc1)c1ccc(C(F)(F)F)cc1. The number of hydrogen-bond donors (Lipinski definition) is 1. The van der Waals surface area contributed by atoms with Crippen molar-refractivity contribution in [3.8, 4) is 0 Å². The summed E-state index contributed by atoms with van der Waals surface area (Å²) in [5.41, 5.74) is -4.39.